The molecule has 3 aromatic rings. The lowest BCUT2D eigenvalue weighted by atomic mass is 10.2. The van der Waals surface area contributed by atoms with Crippen LogP contribution in [0, 0.1) is 0 Å². The average Bonchev–Trinajstić information content (AvgIpc) is 2.84. The molecular weight excluding hydrogens is 262 g/mol. The first-order chi connectivity index (χ1) is 9.24. The number of carbonyl (C=O) groups is 1. The maximum Gasteiger partial charge on any atom is 0.257 e. The molecule has 0 spiro atoms. The number of halogens is 1. The summed E-state index contributed by atoms with van der Waals surface area (Å²) in [5.41, 5.74) is 2.01. The summed E-state index contributed by atoms with van der Waals surface area (Å²) >= 11 is 6.03. The van der Waals surface area contributed by atoms with Gasteiger partial charge in [0.05, 0.1) is 10.5 Å². The van der Waals surface area contributed by atoms with Crippen molar-refractivity contribution in [3.05, 3.63) is 59.1 Å². The SMILES string of the molecule is O=C(Nc1nc2c(Cl)cccc2[nH]1)c1ccccc1. The van der Waals surface area contributed by atoms with Crippen LogP contribution in [-0.4, -0.2) is 15.9 Å². The highest BCUT2D eigenvalue weighted by atomic mass is 35.5. The number of benzene rings is 2. The first kappa shape index (κ1) is 11.7. The van der Waals surface area contributed by atoms with Crippen molar-refractivity contribution >= 4 is 34.5 Å². The fourth-order valence-electron chi connectivity index (χ4n) is 1.83. The number of hydrogen-bond acceptors (Lipinski definition) is 2. The second-order valence-electron chi connectivity index (χ2n) is 4.04. The number of carbonyl (C=O) groups excluding carboxylic acids is 1. The fourth-order valence-corrected chi connectivity index (χ4v) is 2.04. The summed E-state index contributed by atoms with van der Waals surface area (Å²) in [4.78, 5) is 19.2. The van der Waals surface area contributed by atoms with Crippen molar-refractivity contribution in [1.29, 1.82) is 0 Å². The largest absolute Gasteiger partial charge is 0.324 e. The molecule has 0 saturated carbocycles. The van der Waals surface area contributed by atoms with E-state index in [4.69, 9.17) is 11.6 Å². The van der Waals surface area contributed by atoms with Gasteiger partial charge in [-0.15, -0.1) is 0 Å². The molecule has 0 aliphatic carbocycles. The molecule has 0 radical (unpaired) electrons. The van der Waals surface area contributed by atoms with Crippen LogP contribution in [0.3, 0.4) is 0 Å². The Morgan fingerprint density at radius 2 is 1.89 bits per heavy atom. The summed E-state index contributed by atoms with van der Waals surface area (Å²) in [5, 5.41) is 3.26. The number of imidazole rings is 1. The van der Waals surface area contributed by atoms with Crippen molar-refractivity contribution in [2.24, 2.45) is 0 Å². The molecule has 0 saturated heterocycles. The van der Waals surface area contributed by atoms with Gasteiger partial charge in [0.1, 0.15) is 5.52 Å². The van der Waals surface area contributed by atoms with Crippen LogP contribution in [0.25, 0.3) is 11.0 Å². The molecule has 19 heavy (non-hydrogen) atoms. The van der Waals surface area contributed by atoms with Crippen LogP contribution in [0.4, 0.5) is 5.95 Å². The highest BCUT2D eigenvalue weighted by molar-refractivity contribution is 6.35. The number of nitrogens with zero attached hydrogens (tertiary/aromatic N) is 1. The predicted molar refractivity (Wildman–Crippen MR) is 75.5 cm³/mol. The van der Waals surface area contributed by atoms with E-state index < -0.39 is 0 Å². The molecule has 0 aliphatic heterocycles. The van der Waals surface area contributed by atoms with Gasteiger partial charge in [-0.05, 0) is 24.3 Å². The summed E-state index contributed by atoms with van der Waals surface area (Å²) in [5.74, 6) is 0.174. The second kappa shape index (κ2) is 4.74. The lowest BCUT2D eigenvalue weighted by molar-refractivity contribution is 0.102. The van der Waals surface area contributed by atoms with Gasteiger partial charge in [0.15, 0.2) is 0 Å². The topological polar surface area (TPSA) is 57.8 Å². The Hall–Kier alpha value is -2.33. The summed E-state index contributed by atoms with van der Waals surface area (Å²) in [6, 6.07) is 14.4. The van der Waals surface area contributed by atoms with E-state index in [0.717, 1.165) is 5.52 Å². The van der Waals surface area contributed by atoms with E-state index in [0.29, 0.717) is 22.1 Å². The number of amides is 1. The molecule has 2 N–H and O–H groups in total. The molecule has 4 nitrogen and oxygen atoms in total. The minimum Gasteiger partial charge on any atom is -0.324 e. The third-order valence-corrected chi connectivity index (χ3v) is 3.04. The molecular formula is C14H10ClN3O. The smallest absolute Gasteiger partial charge is 0.257 e. The van der Waals surface area contributed by atoms with E-state index in [1.807, 2.05) is 30.3 Å². The van der Waals surface area contributed by atoms with Gasteiger partial charge in [0.25, 0.3) is 5.91 Å². The number of aromatic nitrogens is 2. The number of H-pyrrole nitrogens is 1. The maximum atomic E-state index is 12.0. The van der Waals surface area contributed by atoms with E-state index in [-0.39, 0.29) is 5.91 Å². The molecule has 1 aromatic heterocycles. The minimum atomic E-state index is -0.212. The van der Waals surface area contributed by atoms with Crippen LogP contribution in [0.2, 0.25) is 5.02 Å². The van der Waals surface area contributed by atoms with Gasteiger partial charge in [-0.25, -0.2) is 4.98 Å². The third-order valence-electron chi connectivity index (χ3n) is 2.73. The maximum absolute atomic E-state index is 12.0. The Kier molecular flexibility index (Phi) is 2.93. The zero-order valence-electron chi connectivity index (χ0n) is 9.85. The van der Waals surface area contributed by atoms with E-state index in [2.05, 4.69) is 15.3 Å². The highest BCUT2D eigenvalue weighted by Crippen LogP contribution is 2.22. The molecule has 0 unspecified atom stereocenters. The van der Waals surface area contributed by atoms with Gasteiger partial charge in [-0.1, -0.05) is 35.9 Å². The van der Waals surface area contributed by atoms with Gasteiger partial charge in [-0.3, -0.25) is 10.1 Å². The number of nitrogens with one attached hydrogen (secondary N) is 2. The highest BCUT2D eigenvalue weighted by Gasteiger charge is 2.10. The standard InChI is InChI=1S/C14H10ClN3O/c15-10-7-4-8-11-12(10)17-14(16-11)18-13(19)9-5-2-1-3-6-9/h1-8H,(H2,16,17,18,19). The molecule has 1 amide bonds. The third kappa shape index (κ3) is 2.30. The molecule has 94 valence electrons. The zero-order valence-corrected chi connectivity index (χ0v) is 10.6. The first-order valence-corrected chi connectivity index (χ1v) is 6.12. The zero-order chi connectivity index (χ0) is 13.2. The number of rotatable bonds is 2. The lowest BCUT2D eigenvalue weighted by Crippen LogP contribution is -2.12. The average molecular weight is 272 g/mol. The van der Waals surface area contributed by atoms with E-state index in [1.54, 1.807) is 18.2 Å². The van der Waals surface area contributed by atoms with E-state index in [1.165, 1.54) is 0 Å². The molecule has 0 bridgehead atoms. The number of para-hydroxylation sites is 1. The van der Waals surface area contributed by atoms with Crippen LogP contribution >= 0.6 is 11.6 Å². The summed E-state index contributed by atoms with van der Waals surface area (Å²) in [6.07, 6.45) is 0. The predicted octanol–water partition coefficient (Wildman–Crippen LogP) is 3.47. The Morgan fingerprint density at radius 3 is 2.63 bits per heavy atom. The number of aromatic amines is 1. The van der Waals surface area contributed by atoms with Crippen LogP contribution in [0.15, 0.2) is 48.5 Å². The molecule has 0 aliphatic rings. The summed E-state index contributed by atoms with van der Waals surface area (Å²) in [7, 11) is 0. The molecule has 2 aromatic carbocycles. The first-order valence-electron chi connectivity index (χ1n) is 5.75. The van der Waals surface area contributed by atoms with Crippen molar-refractivity contribution in [3.63, 3.8) is 0 Å². The van der Waals surface area contributed by atoms with E-state index in [9.17, 15) is 4.79 Å². The van der Waals surface area contributed by atoms with Gasteiger partial charge in [0.2, 0.25) is 5.95 Å². The van der Waals surface area contributed by atoms with Crippen molar-refractivity contribution < 1.29 is 4.79 Å². The van der Waals surface area contributed by atoms with Crippen molar-refractivity contribution in [3.8, 4) is 0 Å². The Morgan fingerprint density at radius 1 is 1.11 bits per heavy atom. The number of hydrogen-bond donors (Lipinski definition) is 2. The molecule has 0 fully saturated rings. The van der Waals surface area contributed by atoms with Crippen molar-refractivity contribution in [1.82, 2.24) is 9.97 Å². The normalized spacial score (nSPS) is 10.6. The second-order valence-corrected chi connectivity index (χ2v) is 4.45. The van der Waals surface area contributed by atoms with Gasteiger partial charge >= 0.3 is 0 Å². The quantitative estimate of drug-likeness (QED) is 0.750. The van der Waals surface area contributed by atoms with Crippen LogP contribution in [0.1, 0.15) is 10.4 Å². The monoisotopic (exact) mass is 271 g/mol. The van der Waals surface area contributed by atoms with Crippen molar-refractivity contribution in [2.45, 2.75) is 0 Å². The Bertz CT molecular complexity index is 737. The summed E-state index contributed by atoms with van der Waals surface area (Å²) in [6.45, 7) is 0. The van der Waals surface area contributed by atoms with Crippen molar-refractivity contribution in [2.75, 3.05) is 5.32 Å². The fraction of sp³-hybridized carbons (Fsp3) is 0. The molecule has 3 rings (SSSR count). The summed E-state index contributed by atoms with van der Waals surface area (Å²) < 4.78 is 0. The minimum absolute atomic E-state index is 0.212. The van der Waals surface area contributed by atoms with Crippen LogP contribution in [-0.2, 0) is 0 Å². The van der Waals surface area contributed by atoms with Crippen LogP contribution < -0.4 is 5.32 Å². The van der Waals surface area contributed by atoms with Crippen LogP contribution in [0.5, 0.6) is 0 Å². The molecule has 5 heteroatoms. The Balaban J connectivity index is 1.90. The molecule has 0 atom stereocenters. The van der Waals surface area contributed by atoms with Gasteiger partial charge < -0.3 is 4.98 Å². The van der Waals surface area contributed by atoms with Gasteiger partial charge in [0, 0.05) is 5.56 Å². The van der Waals surface area contributed by atoms with Gasteiger partial charge in [-0.2, -0.15) is 0 Å². The Labute approximate surface area is 114 Å². The lowest BCUT2D eigenvalue weighted by Gasteiger charge is -2.00. The number of fused-ring (bicyclic) bond motifs is 1. The molecule has 1 heterocycles. The van der Waals surface area contributed by atoms with E-state index >= 15 is 0 Å². The number of anilines is 1.